The normalized spacial score (nSPS) is 12.7. The lowest BCUT2D eigenvalue weighted by molar-refractivity contribution is 0.176. The molecular formula is C12H14N2O. The summed E-state index contributed by atoms with van der Waals surface area (Å²) in [5.41, 5.74) is 1.98. The molecule has 0 saturated carbocycles. The fourth-order valence-corrected chi connectivity index (χ4v) is 1.57. The van der Waals surface area contributed by atoms with Crippen LogP contribution in [0.4, 0.5) is 0 Å². The van der Waals surface area contributed by atoms with E-state index in [1.54, 1.807) is 12.5 Å². The SMILES string of the molecule is Cn1cncc1CC(O)c1ccccc1. The lowest BCUT2D eigenvalue weighted by Gasteiger charge is -2.10. The number of aryl methyl sites for hydroxylation is 1. The first-order chi connectivity index (χ1) is 7.27. The average Bonchev–Trinajstić information content (AvgIpc) is 2.66. The Balaban J connectivity index is 2.11. The third-order valence-corrected chi connectivity index (χ3v) is 2.50. The van der Waals surface area contributed by atoms with Crippen molar-refractivity contribution in [3.8, 4) is 0 Å². The molecule has 0 aliphatic heterocycles. The van der Waals surface area contributed by atoms with Crippen molar-refractivity contribution in [3.63, 3.8) is 0 Å². The molecule has 3 nitrogen and oxygen atoms in total. The standard InChI is InChI=1S/C12H14N2O/c1-14-9-13-8-11(14)7-12(15)10-5-3-2-4-6-10/h2-6,8-9,12,15H,7H2,1H3. The smallest absolute Gasteiger partial charge is 0.0945 e. The van der Waals surface area contributed by atoms with Crippen LogP contribution in [0.5, 0.6) is 0 Å². The number of aromatic nitrogens is 2. The van der Waals surface area contributed by atoms with Gasteiger partial charge >= 0.3 is 0 Å². The third kappa shape index (κ3) is 2.25. The average molecular weight is 202 g/mol. The Morgan fingerprint density at radius 2 is 2.07 bits per heavy atom. The van der Waals surface area contributed by atoms with Gasteiger partial charge in [0.1, 0.15) is 0 Å². The van der Waals surface area contributed by atoms with Crippen molar-refractivity contribution in [2.24, 2.45) is 7.05 Å². The largest absolute Gasteiger partial charge is 0.388 e. The molecule has 0 aliphatic carbocycles. The quantitative estimate of drug-likeness (QED) is 0.822. The maximum Gasteiger partial charge on any atom is 0.0945 e. The van der Waals surface area contributed by atoms with Crippen molar-refractivity contribution in [3.05, 3.63) is 54.1 Å². The van der Waals surface area contributed by atoms with Gasteiger partial charge < -0.3 is 9.67 Å². The predicted molar refractivity (Wildman–Crippen MR) is 58.3 cm³/mol. The van der Waals surface area contributed by atoms with E-state index in [9.17, 15) is 5.11 Å². The zero-order valence-corrected chi connectivity index (χ0v) is 8.67. The molecule has 0 bridgehead atoms. The van der Waals surface area contributed by atoms with Crippen molar-refractivity contribution >= 4 is 0 Å². The fraction of sp³-hybridized carbons (Fsp3) is 0.250. The highest BCUT2D eigenvalue weighted by atomic mass is 16.3. The first kappa shape index (κ1) is 9.93. The van der Waals surface area contributed by atoms with Crippen LogP contribution in [-0.4, -0.2) is 14.7 Å². The number of benzene rings is 1. The monoisotopic (exact) mass is 202 g/mol. The summed E-state index contributed by atoms with van der Waals surface area (Å²) < 4.78 is 1.92. The summed E-state index contributed by atoms with van der Waals surface area (Å²) in [5.74, 6) is 0. The minimum absolute atomic E-state index is 0.457. The first-order valence-electron chi connectivity index (χ1n) is 4.95. The third-order valence-electron chi connectivity index (χ3n) is 2.50. The molecule has 3 heteroatoms. The number of imidazole rings is 1. The molecule has 1 N–H and O–H groups in total. The van der Waals surface area contributed by atoms with Crippen molar-refractivity contribution in [1.82, 2.24) is 9.55 Å². The number of rotatable bonds is 3. The molecule has 0 aliphatic rings. The van der Waals surface area contributed by atoms with E-state index in [4.69, 9.17) is 0 Å². The molecule has 2 aromatic rings. The van der Waals surface area contributed by atoms with Gasteiger partial charge in [-0.25, -0.2) is 4.98 Å². The van der Waals surface area contributed by atoms with E-state index in [-0.39, 0.29) is 0 Å². The molecule has 0 spiro atoms. The Bertz CT molecular complexity index is 422. The van der Waals surface area contributed by atoms with Crippen LogP contribution in [0.15, 0.2) is 42.9 Å². The molecule has 1 heterocycles. The van der Waals surface area contributed by atoms with Gasteiger partial charge in [0.25, 0.3) is 0 Å². The molecule has 1 atom stereocenters. The maximum atomic E-state index is 9.98. The summed E-state index contributed by atoms with van der Waals surface area (Å²) in [6, 6.07) is 9.67. The van der Waals surface area contributed by atoms with Gasteiger partial charge in [-0.1, -0.05) is 30.3 Å². The summed E-state index contributed by atoms with van der Waals surface area (Å²) in [5, 5.41) is 9.98. The highest BCUT2D eigenvalue weighted by Crippen LogP contribution is 2.16. The molecule has 1 aromatic heterocycles. The number of hydrogen-bond donors (Lipinski definition) is 1. The molecule has 1 aromatic carbocycles. The van der Waals surface area contributed by atoms with Crippen LogP contribution in [0, 0.1) is 0 Å². The Kier molecular flexibility index (Phi) is 2.83. The van der Waals surface area contributed by atoms with Gasteiger partial charge in [-0.2, -0.15) is 0 Å². The molecule has 1 unspecified atom stereocenters. The second-order valence-corrected chi connectivity index (χ2v) is 3.63. The lowest BCUT2D eigenvalue weighted by Crippen LogP contribution is -2.04. The fourth-order valence-electron chi connectivity index (χ4n) is 1.57. The number of hydrogen-bond acceptors (Lipinski definition) is 2. The maximum absolute atomic E-state index is 9.98. The highest BCUT2D eigenvalue weighted by Gasteiger charge is 2.09. The second-order valence-electron chi connectivity index (χ2n) is 3.63. The van der Waals surface area contributed by atoms with Crippen LogP contribution in [0.25, 0.3) is 0 Å². The predicted octanol–water partition coefficient (Wildman–Crippen LogP) is 1.70. The van der Waals surface area contributed by atoms with Gasteiger partial charge in [0.2, 0.25) is 0 Å². The van der Waals surface area contributed by atoms with Crippen molar-refractivity contribution in [1.29, 1.82) is 0 Å². The van der Waals surface area contributed by atoms with Crippen molar-refractivity contribution in [2.45, 2.75) is 12.5 Å². The van der Waals surface area contributed by atoms with E-state index >= 15 is 0 Å². The summed E-state index contributed by atoms with van der Waals surface area (Å²) in [4.78, 5) is 4.02. The number of aliphatic hydroxyl groups is 1. The minimum atomic E-state index is -0.457. The summed E-state index contributed by atoms with van der Waals surface area (Å²) in [7, 11) is 1.93. The Morgan fingerprint density at radius 3 is 2.67 bits per heavy atom. The van der Waals surface area contributed by atoms with Crippen molar-refractivity contribution < 1.29 is 5.11 Å². The molecule has 0 radical (unpaired) electrons. The van der Waals surface area contributed by atoms with Crippen LogP contribution < -0.4 is 0 Å². The van der Waals surface area contributed by atoms with E-state index in [1.165, 1.54) is 0 Å². The van der Waals surface area contributed by atoms with Crippen LogP contribution in [0.3, 0.4) is 0 Å². The van der Waals surface area contributed by atoms with Crippen LogP contribution in [-0.2, 0) is 13.5 Å². The zero-order valence-electron chi connectivity index (χ0n) is 8.67. The molecule has 0 saturated heterocycles. The molecule has 0 amide bonds. The summed E-state index contributed by atoms with van der Waals surface area (Å²) >= 11 is 0. The van der Waals surface area contributed by atoms with Gasteiger partial charge in [-0.3, -0.25) is 0 Å². The van der Waals surface area contributed by atoms with Crippen LogP contribution in [0.2, 0.25) is 0 Å². The lowest BCUT2D eigenvalue weighted by atomic mass is 10.1. The van der Waals surface area contributed by atoms with Gasteiger partial charge in [0, 0.05) is 25.4 Å². The molecular weight excluding hydrogens is 188 g/mol. The number of aliphatic hydroxyl groups excluding tert-OH is 1. The highest BCUT2D eigenvalue weighted by molar-refractivity contribution is 5.19. The Hall–Kier alpha value is -1.61. The van der Waals surface area contributed by atoms with Crippen LogP contribution >= 0.6 is 0 Å². The van der Waals surface area contributed by atoms with E-state index in [0.29, 0.717) is 6.42 Å². The van der Waals surface area contributed by atoms with E-state index in [0.717, 1.165) is 11.3 Å². The minimum Gasteiger partial charge on any atom is -0.388 e. The molecule has 15 heavy (non-hydrogen) atoms. The Morgan fingerprint density at radius 1 is 1.33 bits per heavy atom. The zero-order chi connectivity index (χ0) is 10.7. The summed E-state index contributed by atoms with van der Waals surface area (Å²) in [6.45, 7) is 0. The molecule has 78 valence electrons. The van der Waals surface area contributed by atoms with E-state index in [2.05, 4.69) is 4.98 Å². The topological polar surface area (TPSA) is 38.0 Å². The molecule has 0 fully saturated rings. The second kappa shape index (κ2) is 4.28. The van der Waals surface area contributed by atoms with Gasteiger partial charge in [0.15, 0.2) is 0 Å². The first-order valence-corrected chi connectivity index (χ1v) is 4.95. The Labute approximate surface area is 89.0 Å². The number of nitrogens with zero attached hydrogens (tertiary/aromatic N) is 2. The van der Waals surface area contributed by atoms with Gasteiger partial charge in [-0.05, 0) is 5.56 Å². The van der Waals surface area contributed by atoms with Gasteiger partial charge in [-0.15, -0.1) is 0 Å². The van der Waals surface area contributed by atoms with Gasteiger partial charge in [0.05, 0.1) is 12.4 Å². The van der Waals surface area contributed by atoms with E-state index in [1.807, 2.05) is 41.9 Å². The van der Waals surface area contributed by atoms with Crippen molar-refractivity contribution in [2.75, 3.05) is 0 Å². The van der Waals surface area contributed by atoms with Crippen LogP contribution in [0.1, 0.15) is 17.4 Å². The van der Waals surface area contributed by atoms with E-state index < -0.39 is 6.10 Å². The molecule has 2 rings (SSSR count). The summed E-state index contributed by atoms with van der Waals surface area (Å²) in [6.07, 6.45) is 3.67.